The first-order valence-corrected chi connectivity index (χ1v) is 4.74. The zero-order chi connectivity index (χ0) is 9.64. The predicted molar refractivity (Wildman–Crippen MR) is 68.0 cm³/mol. The molecule has 0 N–H and O–H groups in total. The molecule has 0 heterocycles. The van der Waals surface area contributed by atoms with Gasteiger partial charge in [-0.05, 0) is 0 Å². The Labute approximate surface area is 133 Å². The van der Waals surface area contributed by atoms with Crippen LogP contribution in [0.5, 0.6) is 0 Å². The van der Waals surface area contributed by atoms with Gasteiger partial charge in [-0.2, -0.15) is 35.7 Å². The van der Waals surface area contributed by atoms with Gasteiger partial charge in [0.05, 0.1) is 0 Å². The van der Waals surface area contributed by atoms with E-state index in [-0.39, 0.29) is 50.3 Å². The van der Waals surface area contributed by atoms with Crippen LogP contribution in [0.15, 0.2) is 72.8 Å². The van der Waals surface area contributed by atoms with E-state index in [0.717, 1.165) is 0 Å². The molecular formula is C15H15BrHf. The van der Waals surface area contributed by atoms with Gasteiger partial charge >= 0.3 is 25.8 Å². The van der Waals surface area contributed by atoms with E-state index in [1.54, 1.807) is 0 Å². The summed E-state index contributed by atoms with van der Waals surface area (Å²) in [4.78, 5) is 0. The Balaban J connectivity index is 0. The molecule has 0 bridgehead atoms. The van der Waals surface area contributed by atoms with Crippen LogP contribution in [0.2, 0.25) is 0 Å². The topological polar surface area (TPSA) is 0 Å². The molecule has 2 heteroatoms. The molecule has 0 fully saturated rings. The number of hydrogen-bond donors (Lipinski definition) is 0. The number of rotatable bonds is 0. The van der Waals surface area contributed by atoms with Gasteiger partial charge in [0.1, 0.15) is 0 Å². The zero-order valence-corrected chi connectivity index (χ0v) is 15.0. The number of fused-ring (bicyclic) bond motifs is 1. The molecule has 0 atom stereocenters. The second kappa shape index (κ2) is 10.7. The summed E-state index contributed by atoms with van der Waals surface area (Å²) in [5.74, 6) is 0. The summed E-state index contributed by atoms with van der Waals surface area (Å²) in [5.41, 5.74) is 0. The van der Waals surface area contributed by atoms with Crippen molar-refractivity contribution in [3.05, 3.63) is 80.2 Å². The summed E-state index contributed by atoms with van der Waals surface area (Å²) < 4.78 is 0. The third kappa shape index (κ3) is 6.13. The minimum absolute atomic E-state index is 0. The fourth-order valence-electron chi connectivity index (χ4n) is 1.39. The fourth-order valence-corrected chi connectivity index (χ4v) is 1.39. The van der Waals surface area contributed by atoms with Crippen molar-refractivity contribution in [2.75, 3.05) is 0 Å². The van der Waals surface area contributed by atoms with E-state index in [1.807, 2.05) is 30.3 Å². The molecule has 0 aliphatic carbocycles. The Bertz CT molecular complexity index is 421. The number of hydrogen-bond acceptors (Lipinski definition) is 0. The minimum Gasteiger partial charge on any atom is -1.00 e. The second-order valence-corrected chi connectivity index (χ2v) is 3.12. The maximum Gasteiger partial charge on any atom is 4.00 e. The SMILES string of the molecule is [Br-].[CH3-].[Hf+4].c1cc[cH-]c1.c1ccc2[cH-]ccc2c1. The molecule has 0 aliphatic rings. The van der Waals surface area contributed by atoms with Gasteiger partial charge in [0.2, 0.25) is 0 Å². The van der Waals surface area contributed by atoms with Crippen LogP contribution in [0.3, 0.4) is 0 Å². The van der Waals surface area contributed by atoms with Gasteiger partial charge in [-0.3, -0.25) is 0 Å². The molecule has 17 heavy (non-hydrogen) atoms. The molecule has 0 saturated carbocycles. The van der Waals surface area contributed by atoms with Crippen LogP contribution < -0.4 is 17.0 Å². The molecule has 0 nitrogen and oxygen atoms in total. The minimum atomic E-state index is 0. The summed E-state index contributed by atoms with van der Waals surface area (Å²) in [7, 11) is 0. The van der Waals surface area contributed by atoms with Crippen molar-refractivity contribution in [3.63, 3.8) is 0 Å². The summed E-state index contributed by atoms with van der Waals surface area (Å²) in [6.45, 7) is 0. The number of benzene rings is 1. The van der Waals surface area contributed by atoms with E-state index in [0.29, 0.717) is 0 Å². The smallest absolute Gasteiger partial charge is 1.00 e. The van der Waals surface area contributed by atoms with Crippen LogP contribution in [0.25, 0.3) is 10.8 Å². The van der Waals surface area contributed by atoms with Gasteiger partial charge in [0.15, 0.2) is 0 Å². The van der Waals surface area contributed by atoms with Gasteiger partial charge in [0, 0.05) is 0 Å². The van der Waals surface area contributed by atoms with Crippen molar-refractivity contribution < 1.29 is 42.8 Å². The Kier molecular flexibility index (Phi) is 11.9. The first-order chi connectivity index (χ1) is 6.97. The third-order valence-corrected chi connectivity index (χ3v) is 2.10. The molecule has 86 valence electrons. The van der Waals surface area contributed by atoms with Crippen molar-refractivity contribution in [3.8, 4) is 0 Å². The monoisotopic (exact) mass is 454 g/mol. The fraction of sp³-hybridized carbons (Fsp3) is 0. The molecule has 0 radical (unpaired) electrons. The normalized spacial score (nSPS) is 7.76. The molecule has 0 saturated heterocycles. The Hall–Kier alpha value is -0.470. The molecule has 0 aliphatic heterocycles. The summed E-state index contributed by atoms with van der Waals surface area (Å²) in [6, 6.07) is 24.7. The third-order valence-electron chi connectivity index (χ3n) is 2.10. The molecule has 0 unspecified atom stereocenters. The standard InChI is InChI=1S/C9H7.C5H5.CH3.BrH.Hf/c1-2-5-9-7-3-6-8(9)4-1;1-2-4-5-3-1;;;/h1-7H;1-5H;1H3;1H;/q3*-1;;+4/p-1. The van der Waals surface area contributed by atoms with E-state index in [1.165, 1.54) is 10.8 Å². The molecule has 0 aromatic heterocycles. The van der Waals surface area contributed by atoms with Gasteiger partial charge in [-0.25, -0.2) is 12.1 Å². The Morgan fingerprint density at radius 3 is 1.94 bits per heavy atom. The average Bonchev–Trinajstić information content (AvgIpc) is 2.92. The quantitative estimate of drug-likeness (QED) is 0.357. The molecule has 3 rings (SSSR count). The van der Waals surface area contributed by atoms with Gasteiger partial charge < -0.3 is 24.4 Å². The van der Waals surface area contributed by atoms with Crippen LogP contribution in [0, 0.1) is 7.43 Å². The molecule has 0 spiro atoms. The summed E-state index contributed by atoms with van der Waals surface area (Å²) in [6.07, 6.45) is 0. The molecule has 3 aromatic rings. The maximum atomic E-state index is 2.12. The van der Waals surface area contributed by atoms with Crippen molar-refractivity contribution in [1.82, 2.24) is 0 Å². The van der Waals surface area contributed by atoms with Gasteiger partial charge in [-0.15, -0.1) is 29.7 Å². The van der Waals surface area contributed by atoms with Crippen LogP contribution >= 0.6 is 0 Å². The average molecular weight is 454 g/mol. The van der Waals surface area contributed by atoms with Crippen molar-refractivity contribution in [1.29, 1.82) is 0 Å². The Morgan fingerprint density at radius 2 is 1.41 bits per heavy atom. The van der Waals surface area contributed by atoms with Crippen LogP contribution in [0.4, 0.5) is 0 Å². The first kappa shape index (κ1) is 18.9. The second-order valence-electron chi connectivity index (χ2n) is 3.12. The first-order valence-electron chi connectivity index (χ1n) is 4.74. The molecule has 0 amide bonds. The molecular weight excluding hydrogens is 439 g/mol. The van der Waals surface area contributed by atoms with Crippen molar-refractivity contribution >= 4 is 10.8 Å². The van der Waals surface area contributed by atoms with Crippen molar-refractivity contribution in [2.24, 2.45) is 0 Å². The maximum absolute atomic E-state index is 2.12. The van der Waals surface area contributed by atoms with Gasteiger partial charge in [0.25, 0.3) is 0 Å². The van der Waals surface area contributed by atoms with Gasteiger partial charge in [-0.1, -0.05) is 6.07 Å². The molecule has 3 aromatic carbocycles. The van der Waals surface area contributed by atoms with Crippen LogP contribution in [0.1, 0.15) is 0 Å². The summed E-state index contributed by atoms with van der Waals surface area (Å²) >= 11 is 0. The predicted octanol–water partition coefficient (Wildman–Crippen LogP) is 1.42. The number of halogens is 1. The summed E-state index contributed by atoms with van der Waals surface area (Å²) in [5, 5.41) is 2.66. The zero-order valence-electron chi connectivity index (χ0n) is 9.81. The largest absolute Gasteiger partial charge is 4.00 e. The van der Waals surface area contributed by atoms with E-state index in [2.05, 4.69) is 42.5 Å². The van der Waals surface area contributed by atoms with E-state index < -0.39 is 0 Å². The van der Waals surface area contributed by atoms with Crippen LogP contribution in [-0.2, 0) is 25.8 Å². The Morgan fingerprint density at radius 1 is 0.765 bits per heavy atom. The van der Waals surface area contributed by atoms with Crippen LogP contribution in [-0.4, -0.2) is 0 Å². The van der Waals surface area contributed by atoms with Crippen molar-refractivity contribution in [2.45, 2.75) is 0 Å². The van der Waals surface area contributed by atoms with E-state index in [9.17, 15) is 0 Å². The van der Waals surface area contributed by atoms with E-state index >= 15 is 0 Å². The van der Waals surface area contributed by atoms with E-state index in [4.69, 9.17) is 0 Å².